The number of nitrogens with zero attached hydrogens (tertiary/aromatic N) is 2. The topological polar surface area (TPSA) is 45.1 Å². The van der Waals surface area contributed by atoms with Crippen LogP contribution in [0.15, 0.2) is 41.1 Å². The summed E-state index contributed by atoms with van der Waals surface area (Å²) in [5.74, 6) is 0.980. The van der Waals surface area contributed by atoms with Crippen LogP contribution in [-0.2, 0) is 6.42 Å². The van der Waals surface area contributed by atoms with Crippen LogP contribution < -0.4 is 0 Å². The van der Waals surface area contributed by atoms with Gasteiger partial charge in [0.1, 0.15) is 17.4 Å². The molecule has 1 N–H and O–H groups in total. The van der Waals surface area contributed by atoms with Crippen LogP contribution in [0.5, 0.6) is 0 Å². The summed E-state index contributed by atoms with van der Waals surface area (Å²) >= 11 is 0. The van der Waals surface area contributed by atoms with E-state index in [1.54, 1.807) is 6.33 Å². The van der Waals surface area contributed by atoms with Crippen molar-refractivity contribution in [1.82, 2.24) is 14.9 Å². The molecule has 4 nitrogen and oxygen atoms in total. The molecule has 3 aromatic rings. The molecule has 0 radical (unpaired) electrons. The molecule has 0 fully saturated rings. The van der Waals surface area contributed by atoms with E-state index in [4.69, 9.17) is 4.42 Å². The number of hydrogen-bond acceptors (Lipinski definition) is 3. The standard InChI is InChI=1S/C15H15N3O/c1-18-7-6-11-14(17-9-16-11)15(18)13-8-10-4-2-3-5-12(10)19-13/h2-5,8-9,15H,6-7H2,1H3,(H,16,17)/t15-/m1/s1. The maximum atomic E-state index is 6.01. The number of aromatic nitrogens is 2. The lowest BCUT2D eigenvalue weighted by molar-refractivity contribution is 0.233. The van der Waals surface area contributed by atoms with Gasteiger partial charge in [-0.15, -0.1) is 0 Å². The molecule has 0 aliphatic carbocycles. The summed E-state index contributed by atoms with van der Waals surface area (Å²) in [5, 5.41) is 1.15. The summed E-state index contributed by atoms with van der Waals surface area (Å²) in [4.78, 5) is 9.97. The lowest BCUT2D eigenvalue weighted by atomic mass is 10.0. The van der Waals surface area contributed by atoms with E-state index in [1.165, 1.54) is 0 Å². The van der Waals surface area contributed by atoms with Crippen molar-refractivity contribution in [1.29, 1.82) is 0 Å². The van der Waals surface area contributed by atoms with Crippen LogP contribution in [0.25, 0.3) is 11.0 Å². The Morgan fingerprint density at radius 1 is 1.37 bits per heavy atom. The van der Waals surface area contributed by atoms with Gasteiger partial charge in [0.15, 0.2) is 0 Å². The van der Waals surface area contributed by atoms with Crippen molar-refractivity contribution in [3.05, 3.63) is 53.8 Å². The van der Waals surface area contributed by atoms with Crippen molar-refractivity contribution in [2.75, 3.05) is 13.6 Å². The molecule has 1 aromatic carbocycles. The minimum absolute atomic E-state index is 0.138. The molecule has 0 bridgehead atoms. The van der Waals surface area contributed by atoms with Crippen molar-refractivity contribution in [2.45, 2.75) is 12.5 Å². The van der Waals surface area contributed by atoms with Gasteiger partial charge in [-0.2, -0.15) is 0 Å². The molecule has 0 amide bonds. The zero-order valence-electron chi connectivity index (χ0n) is 10.8. The second kappa shape index (κ2) is 3.96. The third-order valence-corrected chi connectivity index (χ3v) is 3.88. The quantitative estimate of drug-likeness (QED) is 0.725. The lowest BCUT2D eigenvalue weighted by Crippen LogP contribution is -2.32. The highest BCUT2D eigenvalue weighted by Gasteiger charge is 2.30. The largest absolute Gasteiger partial charge is 0.459 e. The smallest absolute Gasteiger partial charge is 0.134 e. The Bertz CT molecular complexity index is 695. The van der Waals surface area contributed by atoms with E-state index in [-0.39, 0.29) is 6.04 Å². The Kier molecular flexibility index (Phi) is 2.26. The molecule has 2 aromatic heterocycles. The highest BCUT2D eigenvalue weighted by atomic mass is 16.3. The van der Waals surface area contributed by atoms with Gasteiger partial charge in [0.25, 0.3) is 0 Å². The number of H-pyrrole nitrogens is 1. The number of fused-ring (bicyclic) bond motifs is 2. The van der Waals surface area contributed by atoms with E-state index in [0.29, 0.717) is 0 Å². The second-order valence-electron chi connectivity index (χ2n) is 5.08. The van der Waals surface area contributed by atoms with Gasteiger partial charge >= 0.3 is 0 Å². The fourth-order valence-electron chi connectivity index (χ4n) is 2.90. The van der Waals surface area contributed by atoms with Crippen molar-refractivity contribution < 1.29 is 4.42 Å². The highest BCUT2D eigenvalue weighted by Crippen LogP contribution is 2.34. The molecule has 96 valence electrons. The number of likely N-dealkylation sites (N-methyl/N-ethyl adjacent to an activating group) is 1. The summed E-state index contributed by atoms with van der Waals surface area (Å²) in [5.41, 5.74) is 3.26. The number of imidazole rings is 1. The van der Waals surface area contributed by atoms with Crippen molar-refractivity contribution in [3.8, 4) is 0 Å². The average molecular weight is 253 g/mol. The normalized spacial score (nSPS) is 19.7. The Morgan fingerprint density at radius 3 is 3.16 bits per heavy atom. The molecule has 4 rings (SSSR count). The number of rotatable bonds is 1. The van der Waals surface area contributed by atoms with E-state index in [2.05, 4.69) is 34.0 Å². The molecule has 0 spiro atoms. The average Bonchev–Trinajstić information content (AvgIpc) is 3.03. The van der Waals surface area contributed by atoms with Gasteiger partial charge in [-0.05, 0) is 19.2 Å². The molecule has 0 saturated heterocycles. The third-order valence-electron chi connectivity index (χ3n) is 3.88. The van der Waals surface area contributed by atoms with Crippen LogP contribution in [0, 0.1) is 0 Å². The maximum Gasteiger partial charge on any atom is 0.134 e. The third kappa shape index (κ3) is 1.60. The number of para-hydroxylation sites is 1. The minimum Gasteiger partial charge on any atom is -0.459 e. The number of aromatic amines is 1. The van der Waals surface area contributed by atoms with Gasteiger partial charge in [-0.3, -0.25) is 4.90 Å². The zero-order chi connectivity index (χ0) is 12.8. The summed E-state index contributed by atoms with van der Waals surface area (Å²) < 4.78 is 6.01. The summed E-state index contributed by atoms with van der Waals surface area (Å²) in [6, 6.07) is 10.4. The van der Waals surface area contributed by atoms with Crippen LogP contribution >= 0.6 is 0 Å². The fourth-order valence-corrected chi connectivity index (χ4v) is 2.90. The fraction of sp³-hybridized carbons (Fsp3) is 0.267. The van der Waals surface area contributed by atoms with E-state index >= 15 is 0 Å². The number of hydrogen-bond donors (Lipinski definition) is 1. The monoisotopic (exact) mass is 253 g/mol. The van der Waals surface area contributed by atoms with Crippen LogP contribution in [0.3, 0.4) is 0 Å². The molecule has 4 heteroatoms. The highest BCUT2D eigenvalue weighted by molar-refractivity contribution is 5.77. The summed E-state index contributed by atoms with van der Waals surface area (Å²) in [6.45, 7) is 1.000. The van der Waals surface area contributed by atoms with Gasteiger partial charge in [0.05, 0.1) is 17.7 Å². The molecule has 3 heterocycles. The Morgan fingerprint density at radius 2 is 2.26 bits per heavy atom. The molecular formula is C15H15N3O. The van der Waals surface area contributed by atoms with E-state index in [9.17, 15) is 0 Å². The Hall–Kier alpha value is -2.07. The van der Waals surface area contributed by atoms with Crippen LogP contribution in [0.1, 0.15) is 23.2 Å². The first kappa shape index (κ1) is 10.8. The molecule has 1 aliphatic heterocycles. The Labute approximate surface area is 111 Å². The second-order valence-corrected chi connectivity index (χ2v) is 5.08. The molecule has 1 aliphatic rings. The number of furan rings is 1. The first-order valence-corrected chi connectivity index (χ1v) is 6.54. The molecular weight excluding hydrogens is 238 g/mol. The summed E-state index contributed by atoms with van der Waals surface area (Å²) in [6.07, 6.45) is 2.77. The molecule has 19 heavy (non-hydrogen) atoms. The van der Waals surface area contributed by atoms with E-state index < -0.39 is 0 Å². The summed E-state index contributed by atoms with van der Waals surface area (Å²) in [7, 11) is 2.13. The maximum absolute atomic E-state index is 6.01. The zero-order valence-corrected chi connectivity index (χ0v) is 10.8. The van der Waals surface area contributed by atoms with Gasteiger partial charge in [-0.1, -0.05) is 18.2 Å². The van der Waals surface area contributed by atoms with Gasteiger partial charge in [0.2, 0.25) is 0 Å². The number of benzene rings is 1. The lowest BCUT2D eigenvalue weighted by Gasteiger charge is -2.30. The van der Waals surface area contributed by atoms with Gasteiger partial charge < -0.3 is 9.40 Å². The molecule has 0 unspecified atom stereocenters. The minimum atomic E-state index is 0.138. The van der Waals surface area contributed by atoms with E-state index in [1.807, 2.05) is 18.2 Å². The van der Waals surface area contributed by atoms with Crippen molar-refractivity contribution >= 4 is 11.0 Å². The van der Waals surface area contributed by atoms with Crippen LogP contribution in [-0.4, -0.2) is 28.5 Å². The van der Waals surface area contributed by atoms with Gasteiger partial charge in [0, 0.05) is 18.4 Å². The SMILES string of the molecule is CN1CCc2nc[nH]c2[C@H]1c1cc2ccccc2o1. The first-order valence-electron chi connectivity index (χ1n) is 6.54. The predicted molar refractivity (Wildman–Crippen MR) is 73.0 cm³/mol. The molecule has 0 saturated carbocycles. The van der Waals surface area contributed by atoms with Gasteiger partial charge in [-0.25, -0.2) is 4.98 Å². The molecule has 1 atom stereocenters. The van der Waals surface area contributed by atoms with Crippen LogP contribution in [0.4, 0.5) is 0 Å². The van der Waals surface area contributed by atoms with Crippen molar-refractivity contribution in [2.24, 2.45) is 0 Å². The first-order chi connectivity index (χ1) is 9.33. The van der Waals surface area contributed by atoms with Crippen molar-refractivity contribution in [3.63, 3.8) is 0 Å². The predicted octanol–water partition coefficient (Wildman–Crippen LogP) is 2.73. The number of nitrogens with one attached hydrogen (secondary N) is 1. The van der Waals surface area contributed by atoms with E-state index in [0.717, 1.165) is 41.1 Å². The van der Waals surface area contributed by atoms with Crippen LogP contribution in [0.2, 0.25) is 0 Å². The Balaban J connectivity index is 1.87.